The number of amides is 1. The van der Waals surface area contributed by atoms with Crippen LogP contribution < -0.4 is 5.32 Å². The average molecular weight is 235 g/mol. The molecule has 0 bridgehead atoms. The van der Waals surface area contributed by atoms with Crippen LogP contribution in [0, 0.1) is 5.92 Å². The number of allylic oxidation sites excluding steroid dienone is 1. The summed E-state index contributed by atoms with van der Waals surface area (Å²) < 4.78 is 0. The largest absolute Gasteiger partial charge is 0.396 e. The van der Waals surface area contributed by atoms with Crippen molar-refractivity contribution in [2.75, 3.05) is 6.61 Å². The molecule has 0 saturated heterocycles. The van der Waals surface area contributed by atoms with Gasteiger partial charge in [0.15, 0.2) is 0 Å². The fourth-order valence-corrected chi connectivity index (χ4v) is 2.63. The number of aliphatic hydroxyl groups excluding tert-OH is 1. The molecule has 2 aliphatic rings. The van der Waals surface area contributed by atoms with Crippen LogP contribution in [0.1, 0.15) is 39.0 Å². The van der Waals surface area contributed by atoms with E-state index in [4.69, 9.17) is 5.11 Å². The van der Waals surface area contributed by atoms with Crippen molar-refractivity contribution in [3.8, 4) is 0 Å². The van der Waals surface area contributed by atoms with E-state index in [-0.39, 0.29) is 24.5 Å². The lowest BCUT2D eigenvalue weighted by Gasteiger charge is -2.14. The van der Waals surface area contributed by atoms with E-state index in [1.165, 1.54) is 18.4 Å². The van der Waals surface area contributed by atoms with Gasteiger partial charge >= 0.3 is 0 Å². The van der Waals surface area contributed by atoms with Crippen molar-refractivity contribution >= 4 is 5.91 Å². The normalized spacial score (nSPS) is 27.5. The Bertz CT molecular complexity index is 349. The predicted octanol–water partition coefficient (Wildman–Crippen LogP) is 1.93. The Kier molecular flexibility index (Phi) is 4.00. The third-order valence-electron chi connectivity index (χ3n) is 3.80. The Morgan fingerprint density at radius 2 is 2.12 bits per heavy atom. The maximum Gasteiger partial charge on any atom is 0.247 e. The maximum absolute atomic E-state index is 12.0. The molecule has 1 saturated carbocycles. The second-order valence-electron chi connectivity index (χ2n) is 5.08. The van der Waals surface area contributed by atoms with E-state index in [9.17, 15) is 4.79 Å². The van der Waals surface area contributed by atoms with Gasteiger partial charge in [0.2, 0.25) is 5.91 Å². The number of nitrogens with one attached hydrogen (secondary N) is 1. The third kappa shape index (κ3) is 2.97. The molecule has 0 aromatic heterocycles. The second kappa shape index (κ2) is 5.50. The SMILES string of the molecule is CC(C(=O)N[C@@H]1C=C[C@H](CO)C1)=C1CCCC1. The van der Waals surface area contributed by atoms with Crippen LogP contribution in [-0.4, -0.2) is 23.7 Å². The third-order valence-corrected chi connectivity index (χ3v) is 3.80. The number of rotatable bonds is 3. The molecule has 2 N–H and O–H groups in total. The van der Waals surface area contributed by atoms with E-state index in [1.54, 1.807) is 0 Å². The lowest BCUT2D eigenvalue weighted by molar-refractivity contribution is -0.117. The average Bonchev–Trinajstić information content (AvgIpc) is 2.98. The molecule has 1 amide bonds. The molecule has 2 rings (SSSR count). The summed E-state index contributed by atoms with van der Waals surface area (Å²) in [6.07, 6.45) is 9.41. The number of carbonyl (C=O) groups excluding carboxylic acids is 1. The molecule has 0 heterocycles. The molecule has 0 unspecified atom stereocenters. The Labute approximate surface area is 103 Å². The standard InChI is InChI=1S/C14H21NO2/c1-10(12-4-2-3-5-12)14(17)15-13-7-6-11(8-13)9-16/h6-7,11,13,16H,2-5,8-9H2,1H3,(H,15,17)/t11-,13+/m0/s1. The van der Waals surface area contributed by atoms with Crippen LogP contribution in [0.3, 0.4) is 0 Å². The maximum atomic E-state index is 12.0. The summed E-state index contributed by atoms with van der Waals surface area (Å²) in [7, 11) is 0. The summed E-state index contributed by atoms with van der Waals surface area (Å²) >= 11 is 0. The Morgan fingerprint density at radius 3 is 2.71 bits per heavy atom. The first-order valence-corrected chi connectivity index (χ1v) is 6.49. The van der Waals surface area contributed by atoms with Gasteiger partial charge in [0.05, 0.1) is 0 Å². The van der Waals surface area contributed by atoms with E-state index in [0.29, 0.717) is 0 Å². The highest BCUT2D eigenvalue weighted by molar-refractivity contribution is 5.94. The minimum absolute atomic E-state index is 0.0649. The zero-order valence-corrected chi connectivity index (χ0v) is 10.4. The first-order chi connectivity index (χ1) is 8.20. The van der Waals surface area contributed by atoms with Gasteiger partial charge in [-0.2, -0.15) is 0 Å². The summed E-state index contributed by atoms with van der Waals surface area (Å²) in [6.45, 7) is 2.10. The van der Waals surface area contributed by atoms with Crippen molar-refractivity contribution in [2.45, 2.75) is 45.1 Å². The molecule has 0 spiro atoms. The van der Waals surface area contributed by atoms with E-state index in [0.717, 1.165) is 24.8 Å². The molecule has 0 aliphatic heterocycles. The van der Waals surface area contributed by atoms with Gasteiger partial charge in [0.1, 0.15) is 0 Å². The zero-order valence-electron chi connectivity index (χ0n) is 10.4. The van der Waals surface area contributed by atoms with Gasteiger partial charge in [0, 0.05) is 24.1 Å². The number of carbonyl (C=O) groups is 1. The van der Waals surface area contributed by atoms with Crippen molar-refractivity contribution in [3.63, 3.8) is 0 Å². The molecule has 2 atom stereocenters. The second-order valence-corrected chi connectivity index (χ2v) is 5.08. The number of aliphatic hydroxyl groups is 1. The van der Waals surface area contributed by atoms with Crippen LogP contribution in [0.5, 0.6) is 0 Å². The molecule has 0 radical (unpaired) electrons. The Balaban J connectivity index is 1.89. The van der Waals surface area contributed by atoms with Crippen LogP contribution in [0.4, 0.5) is 0 Å². The molecule has 1 fully saturated rings. The highest BCUT2D eigenvalue weighted by Gasteiger charge is 2.21. The van der Waals surface area contributed by atoms with Crippen molar-refractivity contribution in [1.29, 1.82) is 0 Å². The van der Waals surface area contributed by atoms with Gasteiger partial charge < -0.3 is 10.4 Å². The van der Waals surface area contributed by atoms with Crippen LogP contribution >= 0.6 is 0 Å². The van der Waals surface area contributed by atoms with Gasteiger partial charge in [0.25, 0.3) is 0 Å². The van der Waals surface area contributed by atoms with E-state index in [2.05, 4.69) is 5.32 Å². The summed E-state index contributed by atoms with van der Waals surface area (Å²) in [6, 6.07) is 0.0941. The number of hydrogen-bond acceptors (Lipinski definition) is 2. The fourth-order valence-electron chi connectivity index (χ4n) is 2.63. The molecule has 0 aromatic rings. The lowest BCUT2D eigenvalue weighted by Crippen LogP contribution is -2.33. The van der Waals surface area contributed by atoms with Crippen molar-refractivity contribution in [2.24, 2.45) is 5.92 Å². The van der Waals surface area contributed by atoms with E-state index < -0.39 is 0 Å². The van der Waals surface area contributed by atoms with Crippen LogP contribution in [0.15, 0.2) is 23.3 Å². The monoisotopic (exact) mass is 235 g/mol. The summed E-state index contributed by atoms with van der Waals surface area (Å²) in [5.74, 6) is 0.273. The minimum atomic E-state index is 0.0649. The van der Waals surface area contributed by atoms with E-state index >= 15 is 0 Å². The predicted molar refractivity (Wildman–Crippen MR) is 67.4 cm³/mol. The van der Waals surface area contributed by atoms with Crippen molar-refractivity contribution in [3.05, 3.63) is 23.3 Å². The molecular weight excluding hydrogens is 214 g/mol. The van der Waals surface area contributed by atoms with Crippen LogP contribution in [0.2, 0.25) is 0 Å². The first kappa shape index (κ1) is 12.4. The van der Waals surface area contributed by atoms with Crippen molar-refractivity contribution in [1.82, 2.24) is 5.32 Å². The molecule has 2 aliphatic carbocycles. The van der Waals surface area contributed by atoms with Gasteiger partial charge in [-0.05, 0) is 39.0 Å². The zero-order chi connectivity index (χ0) is 12.3. The van der Waals surface area contributed by atoms with Gasteiger partial charge in [-0.1, -0.05) is 17.7 Å². The highest BCUT2D eigenvalue weighted by atomic mass is 16.3. The fraction of sp³-hybridized carbons (Fsp3) is 0.643. The molecule has 3 heteroatoms. The molecule has 0 aromatic carbocycles. The van der Waals surface area contributed by atoms with Crippen LogP contribution in [-0.2, 0) is 4.79 Å². The quantitative estimate of drug-likeness (QED) is 0.580. The molecular formula is C14H21NO2. The Morgan fingerprint density at radius 1 is 1.41 bits per heavy atom. The Hall–Kier alpha value is -1.09. The van der Waals surface area contributed by atoms with Gasteiger partial charge in [-0.3, -0.25) is 4.79 Å². The smallest absolute Gasteiger partial charge is 0.247 e. The van der Waals surface area contributed by atoms with Gasteiger partial charge in [-0.15, -0.1) is 0 Å². The summed E-state index contributed by atoms with van der Waals surface area (Å²) in [4.78, 5) is 12.0. The van der Waals surface area contributed by atoms with Crippen LogP contribution in [0.25, 0.3) is 0 Å². The summed E-state index contributed by atoms with van der Waals surface area (Å²) in [5, 5.41) is 12.1. The van der Waals surface area contributed by atoms with Gasteiger partial charge in [-0.25, -0.2) is 0 Å². The lowest BCUT2D eigenvalue weighted by atomic mass is 10.1. The first-order valence-electron chi connectivity index (χ1n) is 6.49. The molecule has 17 heavy (non-hydrogen) atoms. The highest BCUT2D eigenvalue weighted by Crippen LogP contribution is 2.27. The molecule has 3 nitrogen and oxygen atoms in total. The molecule has 94 valence electrons. The summed E-state index contributed by atoms with van der Waals surface area (Å²) in [5.41, 5.74) is 2.23. The minimum Gasteiger partial charge on any atom is -0.396 e. The van der Waals surface area contributed by atoms with E-state index in [1.807, 2.05) is 19.1 Å². The number of hydrogen-bond donors (Lipinski definition) is 2. The van der Waals surface area contributed by atoms with Crippen molar-refractivity contribution < 1.29 is 9.90 Å². The topological polar surface area (TPSA) is 49.3 Å².